The summed E-state index contributed by atoms with van der Waals surface area (Å²) in [6.45, 7) is 5.02. The van der Waals surface area contributed by atoms with E-state index in [1.54, 1.807) is 10.7 Å². The number of carbonyl (C=O) groups is 1. The standard InChI is InChI=1S/C24H30N6O2/c1-2-6-23(31)29-11-4-3-8-21(29)20-13-22-26-19-9-12-28(15-17-7-5-10-25-14-17)16-18(19)24(32)30(22)27-20/h5,7,10,13-14,21,27H,2-4,6,8-9,11-12,15-16H2,1H3/t21-/m0/s1. The fraction of sp³-hybridized carbons (Fsp3) is 0.500. The Balaban J connectivity index is 1.44. The monoisotopic (exact) mass is 434 g/mol. The average Bonchev–Trinajstić information content (AvgIpc) is 3.25. The van der Waals surface area contributed by atoms with Gasteiger partial charge in [-0.25, -0.2) is 9.50 Å². The quantitative estimate of drug-likeness (QED) is 0.667. The SMILES string of the molecule is CCCC(=O)N1CCCC[C@H]1c1cc2nc3c(c(=O)n2[nH]1)CN(Cc1cccnc1)CC3. The lowest BCUT2D eigenvalue weighted by atomic mass is 9.98. The zero-order valence-corrected chi connectivity index (χ0v) is 18.6. The molecule has 1 N–H and O–H groups in total. The molecule has 2 aliphatic rings. The molecule has 0 radical (unpaired) electrons. The summed E-state index contributed by atoms with van der Waals surface area (Å²) in [5.74, 6) is 0.196. The first kappa shape index (κ1) is 20.9. The van der Waals surface area contributed by atoms with Gasteiger partial charge < -0.3 is 4.90 Å². The molecule has 5 heterocycles. The zero-order valence-electron chi connectivity index (χ0n) is 18.6. The molecule has 1 saturated heterocycles. The molecule has 3 aromatic heterocycles. The molecule has 0 spiro atoms. The third-order valence-electron chi connectivity index (χ3n) is 6.64. The van der Waals surface area contributed by atoms with Crippen LogP contribution in [0.15, 0.2) is 35.4 Å². The van der Waals surface area contributed by atoms with Crippen LogP contribution in [0.3, 0.4) is 0 Å². The maximum atomic E-state index is 13.4. The predicted molar refractivity (Wildman–Crippen MR) is 121 cm³/mol. The van der Waals surface area contributed by atoms with Crippen LogP contribution in [0, 0.1) is 0 Å². The van der Waals surface area contributed by atoms with Gasteiger partial charge in [-0.15, -0.1) is 0 Å². The van der Waals surface area contributed by atoms with Crippen LogP contribution in [0.4, 0.5) is 0 Å². The minimum atomic E-state index is -0.0330. The third kappa shape index (κ3) is 3.95. The van der Waals surface area contributed by atoms with Crippen molar-refractivity contribution in [3.63, 3.8) is 0 Å². The van der Waals surface area contributed by atoms with Crippen LogP contribution in [0.1, 0.15) is 67.6 Å². The molecule has 0 aromatic carbocycles. The Morgan fingerprint density at radius 2 is 2.19 bits per heavy atom. The molecule has 168 valence electrons. The zero-order chi connectivity index (χ0) is 22.1. The predicted octanol–water partition coefficient (Wildman–Crippen LogP) is 2.83. The van der Waals surface area contributed by atoms with Gasteiger partial charge in [0.05, 0.1) is 23.0 Å². The number of aromatic amines is 1. The second-order valence-electron chi connectivity index (χ2n) is 8.92. The highest BCUT2D eigenvalue weighted by Crippen LogP contribution is 2.31. The van der Waals surface area contributed by atoms with Crippen molar-refractivity contribution >= 4 is 11.6 Å². The van der Waals surface area contributed by atoms with E-state index in [4.69, 9.17) is 4.98 Å². The molecule has 8 nitrogen and oxygen atoms in total. The van der Waals surface area contributed by atoms with E-state index in [-0.39, 0.29) is 17.5 Å². The minimum absolute atomic E-state index is 0.0111. The molecule has 0 saturated carbocycles. The molecule has 3 aromatic rings. The lowest BCUT2D eigenvalue weighted by Crippen LogP contribution is -2.38. The third-order valence-corrected chi connectivity index (χ3v) is 6.64. The maximum absolute atomic E-state index is 13.4. The van der Waals surface area contributed by atoms with Gasteiger partial charge in [0, 0.05) is 57.5 Å². The van der Waals surface area contributed by atoms with Crippen molar-refractivity contribution in [2.75, 3.05) is 13.1 Å². The van der Waals surface area contributed by atoms with Gasteiger partial charge in [0.2, 0.25) is 5.91 Å². The molecule has 0 unspecified atom stereocenters. The Bertz CT molecular complexity index is 1170. The van der Waals surface area contributed by atoms with Crippen molar-refractivity contribution in [3.05, 3.63) is 63.5 Å². The smallest absolute Gasteiger partial charge is 0.277 e. The summed E-state index contributed by atoms with van der Waals surface area (Å²) in [5, 5.41) is 3.29. The molecule has 2 aliphatic heterocycles. The summed E-state index contributed by atoms with van der Waals surface area (Å²) in [5.41, 5.74) is 4.32. The summed E-state index contributed by atoms with van der Waals surface area (Å²) in [6.07, 6.45) is 8.84. The number of pyridine rings is 1. The van der Waals surface area contributed by atoms with Gasteiger partial charge in [-0.05, 0) is 37.3 Å². The van der Waals surface area contributed by atoms with Gasteiger partial charge in [0.1, 0.15) is 0 Å². The van der Waals surface area contributed by atoms with Crippen molar-refractivity contribution in [2.24, 2.45) is 0 Å². The van der Waals surface area contributed by atoms with Gasteiger partial charge in [-0.3, -0.25) is 24.6 Å². The van der Waals surface area contributed by atoms with Crippen LogP contribution in [0.25, 0.3) is 5.65 Å². The highest BCUT2D eigenvalue weighted by Gasteiger charge is 2.30. The Labute approximate surface area is 187 Å². The van der Waals surface area contributed by atoms with E-state index >= 15 is 0 Å². The fourth-order valence-corrected chi connectivity index (χ4v) is 5.02. The van der Waals surface area contributed by atoms with Crippen molar-refractivity contribution < 1.29 is 4.79 Å². The number of hydrogen-bond acceptors (Lipinski definition) is 5. The lowest BCUT2D eigenvalue weighted by molar-refractivity contribution is -0.135. The van der Waals surface area contributed by atoms with E-state index in [2.05, 4.69) is 21.0 Å². The van der Waals surface area contributed by atoms with Crippen molar-refractivity contribution in [1.29, 1.82) is 0 Å². The molecule has 1 atom stereocenters. The molecular weight excluding hydrogens is 404 g/mol. The van der Waals surface area contributed by atoms with E-state index in [9.17, 15) is 9.59 Å². The van der Waals surface area contributed by atoms with Crippen LogP contribution in [-0.2, 0) is 24.3 Å². The Morgan fingerprint density at radius 1 is 1.28 bits per heavy atom. The number of nitrogens with zero attached hydrogens (tertiary/aromatic N) is 5. The van der Waals surface area contributed by atoms with Gasteiger partial charge in [0.25, 0.3) is 5.56 Å². The van der Waals surface area contributed by atoms with E-state index in [1.807, 2.05) is 30.2 Å². The van der Waals surface area contributed by atoms with Crippen LogP contribution in [0.2, 0.25) is 0 Å². The largest absolute Gasteiger partial charge is 0.334 e. The summed E-state index contributed by atoms with van der Waals surface area (Å²) in [7, 11) is 0. The average molecular weight is 435 g/mol. The molecule has 0 bridgehead atoms. The first-order valence-corrected chi connectivity index (χ1v) is 11.7. The van der Waals surface area contributed by atoms with Gasteiger partial charge >= 0.3 is 0 Å². The fourth-order valence-electron chi connectivity index (χ4n) is 5.02. The molecule has 8 heteroatoms. The summed E-state index contributed by atoms with van der Waals surface area (Å²) < 4.78 is 1.57. The number of carbonyl (C=O) groups excluding carboxylic acids is 1. The Hall–Kier alpha value is -3.00. The topological polar surface area (TPSA) is 86.6 Å². The van der Waals surface area contributed by atoms with Crippen LogP contribution in [0.5, 0.6) is 0 Å². The maximum Gasteiger partial charge on any atom is 0.277 e. The number of aromatic nitrogens is 4. The van der Waals surface area contributed by atoms with E-state index < -0.39 is 0 Å². The molecule has 32 heavy (non-hydrogen) atoms. The van der Waals surface area contributed by atoms with E-state index in [1.165, 1.54) is 0 Å². The van der Waals surface area contributed by atoms with Crippen LogP contribution < -0.4 is 5.56 Å². The van der Waals surface area contributed by atoms with Gasteiger partial charge in [0.15, 0.2) is 5.65 Å². The number of hydrogen-bond donors (Lipinski definition) is 1. The number of fused-ring (bicyclic) bond motifs is 2. The van der Waals surface area contributed by atoms with Crippen molar-refractivity contribution in [3.8, 4) is 0 Å². The minimum Gasteiger partial charge on any atom is -0.334 e. The van der Waals surface area contributed by atoms with Crippen LogP contribution in [-0.4, -0.2) is 48.4 Å². The number of amides is 1. The Kier molecular flexibility index (Phi) is 5.78. The number of rotatable bonds is 5. The van der Waals surface area contributed by atoms with Crippen molar-refractivity contribution in [1.82, 2.24) is 29.4 Å². The Morgan fingerprint density at radius 3 is 3.00 bits per heavy atom. The van der Waals surface area contributed by atoms with Gasteiger partial charge in [-0.1, -0.05) is 13.0 Å². The second kappa shape index (κ2) is 8.86. The normalized spacial score (nSPS) is 19.3. The molecule has 0 aliphatic carbocycles. The summed E-state index contributed by atoms with van der Waals surface area (Å²) in [4.78, 5) is 39.3. The number of H-pyrrole nitrogens is 1. The first-order chi connectivity index (χ1) is 15.6. The second-order valence-corrected chi connectivity index (χ2v) is 8.92. The number of nitrogens with one attached hydrogen (secondary N) is 1. The van der Waals surface area contributed by atoms with E-state index in [0.29, 0.717) is 18.6 Å². The lowest BCUT2D eigenvalue weighted by Gasteiger charge is -2.35. The molecule has 1 amide bonds. The van der Waals surface area contributed by atoms with Crippen molar-refractivity contribution in [2.45, 2.75) is 64.6 Å². The molecule has 5 rings (SSSR count). The van der Waals surface area contributed by atoms with E-state index in [0.717, 1.165) is 74.3 Å². The van der Waals surface area contributed by atoms with Crippen LogP contribution >= 0.6 is 0 Å². The number of likely N-dealkylation sites (tertiary alicyclic amines) is 1. The van der Waals surface area contributed by atoms with Gasteiger partial charge in [-0.2, -0.15) is 0 Å². The summed E-state index contributed by atoms with van der Waals surface area (Å²) in [6, 6.07) is 5.95. The molecule has 1 fully saturated rings. The molecular formula is C24H30N6O2. The first-order valence-electron chi connectivity index (χ1n) is 11.7. The number of piperidine rings is 1. The highest BCUT2D eigenvalue weighted by molar-refractivity contribution is 5.76. The highest BCUT2D eigenvalue weighted by atomic mass is 16.2. The summed E-state index contributed by atoms with van der Waals surface area (Å²) >= 11 is 0.